The van der Waals surface area contributed by atoms with Crippen molar-refractivity contribution in [2.24, 2.45) is 5.92 Å². The Bertz CT molecular complexity index is 996. The maximum atomic E-state index is 12.9. The van der Waals surface area contributed by atoms with Gasteiger partial charge in [-0.05, 0) is 24.1 Å². The Labute approximate surface area is 176 Å². The third-order valence-electron chi connectivity index (χ3n) is 4.34. The second-order valence-corrected chi connectivity index (χ2v) is 7.55. The van der Waals surface area contributed by atoms with Crippen LogP contribution in [0.25, 0.3) is 0 Å². The molecule has 3 rings (SSSR count). The SMILES string of the molecule is CC(C)C1Oc2ccc([N+](=O)[O-])cc2N(CC(=O)Nc2cccc(Cl)c2Cl)C1=O. The minimum absolute atomic E-state index is 0.161. The predicted molar refractivity (Wildman–Crippen MR) is 110 cm³/mol. The number of nitro groups is 1. The van der Waals surface area contributed by atoms with Crippen LogP contribution < -0.4 is 15.0 Å². The Morgan fingerprint density at radius 2 is 2.03 bits per heavy atom. The van der Waals surface area contributed by atoms with Crippen LogP contribution in [-0.2, 0) is 9.59 Å². The molecule has 0 spiro atoms. The van der Waals surface area contributed by atoms with E-state index in [4.69, 9.17) is 27.9 Å². The van der Waals surface area contributed by atoms with Gasteiger partial charge in [-0.1, -0.05) is 43.1 Å². The lowest BCUT2D eigenvalue weighted by atomic mass is 10.0. The largest absolute Gasteiger partial charge is 0.478 e. The van der Waals surface area contributed by atoms with Gasteiger partial charge in [-0.3, -0.25) is 24.6 Å². The topological polar surface area (TPSA) is 102 Å². The molecule has 2 aromatic carbocycles. The first-order valence-electron chi connectivity index (χ1n) is 8.69. The number of nitrogens with zero attached hydrogens (tertiary/aromatic N) is 2. The molecule has 1 heterocycles. The van der Waals surface area contributed by atoms with Gasteiger partial charge in [0.1, 0.15) is 12.3 Å². The highest BCUT2D eigenvalue weighted by Crippen LogP contribution is 2.38. The Kier molecular flexibility index (Phi) is 5.95. The molecule has 1 atom stereocenters. The number of fused-ring (bicyclic) bond motifs is 1. The summed E-state index contributed by atoms with van der Waals surface area (Å²) in [5.74, 6) is -0.869. The van der Waals surface area contributed by atoms with Crippen LogP contribution in [0.1, 0.15) is 13.8 Å². The fraction of sp³-hybridized carbons (Fsp3) is 0.263. The summed E-state index contributed by atoms with van der Waals surface area (Å²) in [4.78, 5) is 37.3. The Morgan fingerprint density at radius 1 is 1.31 bits per heavy atom. The van der Waals surface area contributed by atoms with Gasteiger partial charge >= 0.3 is 0 Å². The smallest absolute Gasteiger partial charge is 0.271 e. The zero-order valence-electron chi connectivity index (χ0n) is 15.5. The number of anilines is 2. The highest BCUT2D eigenvalue weighted by molar-refractivity contribution is 6.44. The van der Waals surface area contributed by atoms with Crippen molar-refractivity contribution in [3.8, 4) is 5.75 Å². The Hall–Kier alpha value is -2.84. The molecule has 0 aromatic heterocycles. The first-order chi connectivity index (χ1) is 13.7. The molecule has 10 heteroatoms. The van der Waals surface area contributed by atoms with Crippen LogP contribution in [0.4, 0.5) is 17.1 Å². The van der Waals surface area contributed by atoms with Crippen molar-refractivity contribution in [2.75, 3.05) is 16.8 Å². The lowest BCUT2D eigenvalue weighted by molar-refractivity contribution is -0.384. The van der Waals surface area contributed by atoms with Crippen LogP contribution in [0, 0.1) is 16.0 Å². The highest BCUT2D eigenvalue weighted by atomic mass is 35.5. The third kappa shape index (κ3) is 4.28. The summed E-state index contributed by atoms with van der Waals surface area (Å²) in [6.07, 6.45) is -0.813. The molecule has 29 heavy (non-hydrogen) atoms. The van der Waals surface area contributed by atoms with E-state index in [2.05, 4.69) is 5.32 Å². The molecule has 1 unspecified atom stereocenters. The van der Waals surface area contributed by atoms with Crippen LogP contribution in [0.5, 0.6) is 5.75 Å². The lowest BCUT2D eigenvalue weighted by Gasteiger charge is -2.35. The van der Waals surface area contributed by atoms with E-state index in [0.717, 1.165) is 0 Å². The molecule has 1 aliphatic heterocycles. The number of ether oxygens (including phenoxy) is 1. The van der Waals surface area contributed by atoms with E-state index in [1.165, 1.54) is 23.1 Å². The first kappa shape index (κ1) is 20.9. The molecule has 0 fully saturated rings. The fourth-order valence-corrected chi connectivity index (χ4v) is 3.26. The number of nitro benzene ring substituents is 1. The van der Waals surface area contributed by atoms with Gasteiger partial charge in [-0.25, -0.2) is 0 Å². The minimum atomic E-state index is -0.813. The van der Waals surface area contributed by atoms with Crippen LogP contribution in [-0.4, -0.2) is 29.4 Å². The van der Waals surface area contributed by atoms with Crippen molar-refractivity contribution in [1.82, 2.24) is 0 Å². The van der Waals surface area contributed by atoms with E-state index in [0.29, 0.717) is 11.4 Å². The van der Waals surface area contributed by atoms with E-state index in [-0.39, 0.29) is 33.9 Å². The molecule has 152 valence electrons. The number of rotatable bonds is 5. The van der Waals surface area contributed by atoms with Crippen molar-refractivity contribution in [3.05, 3.63) is 56.6 Å². The van der Waals surface area contributed by atoms with Crippen LogP contribution in [0.15, 0.2) is 36.4 Å². The molecule has 0 aliphatic carbocycles. The number of amides is 2. The van der Waals surface area contributed by atoms with Crippen molar-refractivity contribution >= 4 is 52.1 Å². The average molecular weight is 438 g/mol. The third-order valence-corrected chi connectivity index (χ3v) is 5.16. The van der Waals surface area contributed by atoms with Gasteiger partial charge < -0.3 is 10.1 Å². The fourth-order valence-electron chi connectivity index (χ4n) is 2.91. The molecule has 0 saturated carbocycles. The number of benzene rings is 2. The lowest BCUT2D eigenvalue weighted by Crippen LogP contribution is -2.50. The van der Waals surface area contributed by atoms with E-state index >= 15 is 0 Å². The molecular weight excluding hydrogens is 421 g/mol. The normalized spacial score (nSPS) is 15.7. The van der Waals surface area contributed by atoms with Gasteiger partial charge in [0.05, 0.1) is 26.3 Å². The summed E-state index contributed by atoms with van der Waals surface area (Å²) in [7, 11) is 0. The zero-order valence-corrected chi connectivity index (χ0v) is 17.0. The van der Waals surface area contributed by atoms with Crippen LogP contribution in [0.3, 0.4) is 0 Å². The molecule has 0 radical (unpaired) electrons. The standard InChI is InChI=1S/C19H17Cl2N3O5/c1-10(2)18-19(26)23(14-8-11(24(27)28)6-7-15(14)29-18)9-16(25)22-13-5-3-4-12(20)17(13)21/h3-8,10,18H,9H2,1-2H3,(H,22,25). The van der Waals surface area contributed by atoms with Gasteiger partial charge in [0, 0.05) is 12.1 Å². The predicted octanol–water partition coefficient (Wildman–Crippen LogP) is 4.29. The van der Waals surface area contributed by atoms with E-state index < -0.39 is 22.8 Å². The van der Waals surface area contributed by atoms with Gasteiger partial charge in [-0.15, -0.1) is 0 Å². The zero-order chi connectivity index (χ0) is 21.3. The van der Waals surface area contributed by atoms with E-state index in [1.807, 2.05) is 13.8 Å². The molecule has 2 amide bonds. The summed E-state index contributed by atoms with van der Waals surface area (Å²) in [5, 5.41) is 14.2. The molecule has 0 saturated heterocycles. The van der Waals surface area contributed by atoms with Crippen molar-refractivity contribution in [3.63, 3.8) is 0 Å². The summed E-state index contributed by atoms with van der Waals surface area (Å²) in [6, 6.07) is 8.70. The van der Waals surface area contributed by atoms with Crippen LogP contribution >= 0.6 is 23.2 Å². The first-order valence-corrected chi connectivity index (χ1v) is 9.45. The second kappa shape index (κ2) is 8.26. The number of non-ortho nitro benzene ring substituents is 1. The van der Waals surface area contributed by atoms with Gasteiger partial charge in [0.25, 0.3) is 11.6 Å². The quantitative estimate of drug-likeness (QED) is 0.554. The monoisotopic (exact) mass is 437 g/mol. The minimum Gasteiger partial charge on any atom is -0.478 e. The molecule has 0 bridgehead atoms. The number of nitrogens with one attached hydrogen (secondary N) is 1. The average Bonchev–Trinajstić information content (AvgIpc) is 2.66. The number of hydrogen-bond acceptors (Lipinski definition) is 5. The maximum Gasteiger partial charge on any atom is 0.271 e. The summed E-state index contributed by atoms with van der Waals surface area (Å²) >= 11 is 12.0. The van der Waals surface area contributed by atoms with Gasteiger partial charge in [0.2, 0.25) is 5.91 Å². The molecule has 1 N–H and O–H groups in total. The van der Waals surface area contributed by atoms with Crippen molar-refractivity contribution in [2.45, 2.75) is 20.0 Å². The van der Waals surface area contributed by atoms with Gasteiger partial charge in [-0.2, -0.15) is 0 Å². The van der Waals surface area contributed by atoms with E-state index in [1.54, 1.807) is 18.2 Å². The number of halogens is 2. The molecular formula is C19H17Cl2N3O5. The Balaban J connectivity index is 1.92. The van der Waals surface area contributed by atoms with Gasteiger partial charge in [0.15, 0.2) is 6.10 Å². The van der Waals surface area contributed by atoms with Crippen molar-refractivity contribution < 1.29 is 19.2 Å². The van der Waals surface area contributed by atoms with Crippen molar-refractivity contribution in [1.29, 1.82) is 0 Å². The van der Waals surface area contributed by atoms with Crippen LogP contribution in [0.2, 0.25) is 10.0 Å². The summed E-state index contributed by atoms with van der Waals surface area (Å²) < 4.78 is 5.72. The number of carbonyl (C=O) groups is 2. The maximum absolute atomic E-state index is 12.9. The number of carbonyl (C=O) groups excluding carboxylic acids is 2. The number of hydrogen-bond donors (Lipinski definition) is 1. The molecule has 2 aromatic rings. The second-order valence-electron chi connectivity index (χ2n) is 6.77. The highest BCUT2D eigenvalue weighted by Gasteiger charge is 2.38. The summed E-state index contributed by atoms with van der Waals surface area (Å²) in [6.45, 7) is 3.24. The summed E-state index contributed by atoms with van der Waals surface area (Å²) in [5.41, 5.74) is 0.240. The molecule has 1 aliphatic rings. The molecule has 8 nitrogen and oxygen atoms in total. The Morgan fingerprint density at radius 3 is 2.69 bits per heavy atom. The van der Waals surface area contributed by atoms with E-state index in [9.17, 15) is 19.7 Å².